The van der Waals surface area contributed by atoms with Gasteiger partial charge in [-0.3, -0.25) is 9.89 Å². The van der Waals surface area contributed by atoms with Crippen molar-refractivity contribution in [2.75, 3.05) is 19.6 Å². The normalized spacial score (nSPS) is 17.4. The number of halogens is 4. The monoisotopic (exact) mass is 408 g/mol. The van der Waals surface area contributed by atoms with Crippen molar-refractivity contribution in [2.24, 2.45) is 5.92 Å². The Bertz CT molecular complexity index is 769. The number of hydrogen-bond acceptors (Lipinski definition) is 6. The third-order valence-corrected chi connectivity index (χ3v) is 4.14. The maximum atomic E-state index is 12.6. The predicted molar refractivity (Wildman–Crippen MR) is 90.8 cm³/mol. The van der Waals surface area contributed by atoms with Crippen molar-refractivity contribution in [1.82, 2.24) is 40.6 Å². The fourth-order valence-electron chi connectivity index (χ4n) is 2.79. The Balaban J connectivity index is 0.00000261. The number of nitrogens with zero attached hydrogens (tertiary/aromatic N) is 5. The second-order valence-corrected chi connectivity index (χ2v) is 6.13. The van der Waals surface area contributed by atoms with E-state index in [0.717, 1.165) is 37.0 Å². The third kappa shape index (κ3) is 5.16. The molecule has 3 heterocycles. The van der Waals surface area contributed by atoms with Crippen LogP contribution >= 0.6 is 12.4 Å². The molecule has 2 aromatic heterocycles. The van der Waals surface area contributed by atoms with Crippen LogP contribution in [0.5, 0.6) is 0 Å². The molecule has 1 saturated heterocycles. The molecule has 1 aliphatic rings. The van der Waals surface area contributed by atoms with Gasteiger partial charge in [0.1, 0.15) is 5.82 Å². The number of aryl methyl sites for hydroxylation is 1. The number of alkyl halides is 3. The number of amides is 1. The number of nitrogens with one attached hydrogen (secondary N) is 3. The van der Waals surface area contributed by atoms with E-state index >= 15 is 0 Å². The molecular weight excluding hydrogens is 389 g/mol. The summed E-state index contributed by atoms with van der Waals surface area (Å²) in [6.07, 6.45) is -1.55. The highest BCUT2D eigenvalue weighted by Gasteiger charge is 2.35. The van der Waals surface area contributed by atoms with Crippen molar-refractivity contribution in [3.63, 3.8) is 0 Å². The van der Waals surface area contributed by atoms with Gasteiger partial charge in [-0.2, -0.15) is 22.8 Å². The van der Waals surface area contributed by atoms with Crippen LogP contribution in [0.4, 0.5) is 13.2 Å². The summed E-state index contributed by atoms with van der Waals surface area (Å²) < 4.78 is 38.8. The lowest BCUT2D eigenvalue weighted by Gasteiger charge is -2.22. The van der Waals surface area contributed by atoms with E-state index in [1.54, 1.807) is 5.10 Å². The van der Waals surface area contributed by atoms with Gasteiger partial charge >= 0.3 is 6.18 Å². The number of aromatic amines is 1. The van der Waals surface area contributed by atoms with Gasteiger partial charge in [-0.1, -0.05) is 0 Å². The largest absolute Gasteiger partial charge is 0.451 e. The van der Waals surface area contributed by atoms with Crippen molar-refractivity contribution in [3.8, 4) is 5.95 Å². The number of H-pyrrole nitrogens is 1. The van der Waals surface area contributed by atoms with Crippen LogP contribution in [-0.4, -0.2) is 55.5 Å². The predicted octanol–water partition coefficient (Wildman–Crippen LogP) is 1.25. The van der Waals surface area contributed by atoms with Gasteiger partial charge in [-0.05, 0) is 45.2 Å². The van der Waals surface area contributed by atoms with Crippen LogP contribution in [0.2, 0.25) is 0 Å². The highest BCUT2D eigenvalue weighted by molar-refractivity contribution is 5.90. The smallest absolute Gasteiger partial charge is 0.349 e. The first-order chi connectivity index (χ1) is 12.3. The van der Waals surface area contributed by atoms with E-state index in [0.29, 0.717) is 12.5 Å². The molecule has 0 radical (unpaired) electrons. The number of carbonyl (C=O) groups is 1. The molecule has 9 nitrogen and oxygen atoms in total. The Labute approximate surface area is 158 Å². The maximum absolute atomic E-state index is 12.6. The first kappa shape index (κ1) is 21.1. The van der Waals surface area contributed by atoms with Crippen molar-refractivity contribution in [2.45, 2.75) is 32.4 Å². The van der Waals surface area contributed by atoms with Gasteiger partial charge in [0.05, 0.1) is 0 Å². The Morgan fingerprint density at radius 2 is 2.15 bits per heavy atom. The molecule has 1 atom stereocenters. The molecule has 1 amide bonds. The van der Waals surface area contributed by atoms with Crippen LogP contribution in [0.15, 0.2) is 0 Å². The minimum absolute atomic E-state index is 0. The quantitative estimate of drug-likeness (QED) is 0.686. The van der Waals surface area contributed by atoms with E-state index in [9.17, 15) is 18.0 Å². The highest BCUT2D eigenvalue weighted by atomic mass is 35.5. The van der Waals surface area contributed by atoms with Crippen LogP contribution in [0.1, 0.15) is 41.5 Å². The molecule has 3 rings (SSSR count). The van der Waals surface area contributed by atoms with E-state index in [1.807, 2.05) is 0 Å². The van der Waals surface area contributed by atoms with E-state index < -0.39 is 17.9 Å². The molecule has 1 aliphatic heterocycles. The minimum atomic E-state index is -4.64. The molecular formula is C14H20ClF3N8O. The van der Waals surface area contributed by atoms with Crippen LogP contribution in [0.25, 0.3) is 5.95 Å². The standard InChI is InChI=1S/C14H19F3N8O.ClH/c1-8-20-10(11(26)19-6-4-9-3-2-5-18-7-9)24-25(8)13-21-12(22-23-13)14(15,16)17;/h9,18H,2-7H2,1H3,(H,19,26)(H,21,22,23);1H. The fourth-order valence-corrected chi connectivity index (χ4v) is 2.79. The average molecular weight is 409 g/mol. The number of hydrogen-bond donors (Lipinski definition) is 3. The number of piperidine rings is 1. The molecule has 0 aromatic carbocycles. The second kappa shape index (κ2) is 8.65. The first-order valence-electron chi connectivity index (χ1n) is 8.27. The molecule has 150 valence electrons. The van der Waals surface area contributed by atoms with Gasteiger partial charge in [-0.15, -0.1) is 22.6 Å². The zero-order chi connectivity index (χ0) is 18.7. The maximum Gasteiger partial charge on any atom is 0.451 e. The Kier molecular flexibility index (Phi) is 6.76. The highest BCUT2D eigenvalue weighted by Crippen LogP contribution is 2.26. The summed E-state index contributed by atoms with van der Waals surface area (Å²) in [4.78, 5) is 19.5. The lowest BCUT2D eigenvalue weighted by molar-refractivity contribution is -0.144. The zero-order valence-corrected chi connectivity index (χ0v) is 15.3. The summed E-state index contributed by atoms with van der Waals surface area (Å²) in [7, 11) is 0. The van der Waals surface area contributed by atoms with Crippen molar-refractivity contribution >= 4 is 18.3 Å². The summed E-state index contributed by atoms with van der Waals surface area (Å²) in [5.74, 6) is -1.46. The van der Waals surface area contributed by atoms with Gasteiger partial charge in [-0.25, -0.2) is 4.98 Å². The molecule has 2 aromatic rings. The van der Waals surface area contributed by atoms with Gasteiger partial charge in [0.15, 0.2) is 0 Å². The van der Waals surface area contributed by atoms with Crippen LogP contribution in [0.3, 0.4) is 0 Å². The van der Waals surface area contributed by atoms with Gasteiger partial charge in [0, 0.05) is 6.54 Å². The van der Waals surface area contributed by atoms with Crippen LogP contribution < -0.4 is 10.6 Å². The molecule has 13 heteroatoms. The van der Waals surface area contributed by atoms with Gasteiger partial charge < -0.3 is 10.6 Å². The molecule has 1 unspecified atom stereocenters. The lowest BCUT2D eigenvalue weighted by atomic mass is 9.96. The summed E-state index contributed by atoms with van der Waals surface area (Å²) in [5.41, 5.74) is 0. The summed E-state index contributed by atoms with van der Waals surface area (Å²) >= 11 is 0. The molecule has 0 aliphatic carbocycles. The summed E-state index contributed by atoms with van der Waals surface area (Å²) in [6, 6.07) is 0. The van der Waals surface area contributed by atoms with Crippen molar-refractivity contribution in [3.05, 3.63) is 17.5 Å². The molecule has 0 spiro atoms. The Morgan fingerprint density at radius 3 is 2.78 bits per heavy atom. The van der Waals surface area contributed by atoms with Gasteiger partial charge in [0.25, 0.3) is 11.9 Å². The molecule has 0 bridgehead atoms. The van der Waals surface area contributed by atoms with E-state index in [2.05, 4.69) is 30.8 Å². The van der Waals surface area contributed by atoms with Gasteiger partial charge in [0.2, 0.25) is 11.6 Å². The Hall–Kier alpha value is -2.21. The fraction of sp³-hybridized carbons (Fsp3) is 0.643. The average Bonchev–Trinajstić information content (AvgIpc) is 3.22. The molecule has 27 heavy (non-hydrogen) atoms. The molecule has 1 fully saturated rings. The van der Waals surface area contributed by atoms with E-state index in [-0.39, 0.29) is 30.0 Å². The SMILES string of the molecule is Cc1nc(C(=O)NCCC2CCCNC2)nn1-c1n[nH]c(C(F)(F)F)n1.Cl. The number of rotatable bonds is 5. The van der Waals surface area contributed by atoms with Crippen LogP contribution in [0, 0.1) is 12.8 Å². The third-order valence-electron chi connectivity index (χ3n) is 4.14. The van der Waals surface area contributed by atoms with E-state index in [4.69, 9.17) is 0 Å². The van der Waals surface area contributed by atoms with Crippen molar-refractivity contribution < 1.29 is 18.0 Å². The minimum Gasteiger partial charge on any atom is -0.349 e. The lowest BCUT2D eigenvalue weighted by Crippen LogP contribution is -2.33. The number of aromatic nitrogens is 6. The molecule has 3 N–H and O–H groups in total. The molecule has 0 saturated carbocycles. The van der Waals surface area contributed by atoms with Crippen molar-refractivity contribution in [1.29, 1.82) is 0 Å². The first-order valence-corrected chi connectivity index (χ1v) is 8.27. The Morgan fingerprint density at radius 1 is 1.37 bits per heavy atom. The topological polar surface area (TPSA) is 113 Å². The summed E-state index contributed by atoms with van der Waals surface area (Å²) in [5, 5.41) is 15.2. The number of carbonyl (C=O) groups excluding carboxylic acids is 1. The second-order valence-electron chi connectivity index (χ2n) is 6.13. The van der Waals surface area contributed by atoms with E-state index in [1.165, 1.54) is 6.92 Å². The summed E-state index contributed by atoms with van der Waals surface area (Å²) in [6.45, 7) is 3.95. The zero-order valence-electron chi connectivity index (χ0n) is 14.5. The van der Waals surface area contributed by atoms with Crippen LogP contribution in [-0.2, 0) is 6.18 Å².